The van der Waals surface area contributed by atoms with Crippen LogP contribution in [0.4, 0.5) is 0 Å². The highest BCUT2D eigenvalue weighted by atomic mass is 31.2. The van der Waals surface area contributed by atoms with Gasteiger partial charge in [-0.1, -0.05) is 336 Å². The van der Waals surface area contributed by atoms with Crippen LogP contribution in [0.5, 0.6) is 0 Å². The number of phosphoric ester groups is 2. The fourth-order valence-corrected chi connectivity index (χ4v) is 13.2. The standard InChI is InChI=1S/C79H150O17P2/c1-7-10-12-14-16-18-20-22-24-25-26-28-30-32-37-45-51-57-63-78(83)95-74(67-89-76(81)61-55-49-43-36-31-29-27-23-21-19-17-15-13-11-8-2)69-93-97(85,86)91-65-73(80)66-92-98(87,88)94-70-75(68-90-77(82)62-56-50-44-40-39-42-48-54-60-72(6)9-3)96-79(84)64-58-52-46-38-34-33-35-41-47-53-59-71(4)5/h19,21,23,27,71-75,80H,7-18,20,22,24-26,28-70H2,1-6H3,(H,85,86)(H,87,88)/b21-19-,27-23-/t72?,73-,74-,75-/m1/s1. The van der Waals surface area contributed by atoms with Crippen molar-refractivity contribution in [3.05, 3.63) is 24.3 Å². The van der Waals surface area contributed by atoms with Crippen LogP contribution >= 0.6 is 15.6 Å². The highest BCUT2D eigenvalue weighted by Crippen LogP contribution is 2.45. The third-order valence-electron chi connectivity index (χ3n) is 18.2. The molecule has 0 saturated carbocycles. The molecule has 0 aromatic heterocycles. The van der Waals surface area contributed by atoms with Gasteiger partial charge in [0.2, 0.25) is 0 Å². The van der Waals surface area contributed by atoms with Crippen molar-refractivity contribution in [1.29, 1.82) is 0 Å². The Morgan fingerprint density at radius 2 is 0.602 bits per heavy atom. The molecule has 0 aromatic rings. The van der Waals surface area contributed by atoms with E-state index < -0.39 is 97.5 Å². The number of carbonyl (C=O) groups excluding carboxylic acids is 4. The molecule has 0 fully saturated rings. The van der Waals surface area contributed by atoms with Crippen LogP contribution in [0.3, 0.4) is 0 Å². The van der Waals surface area contributed by atoms with E-state index in [4.69, 9.17) is 37.0 Å². The molecule has 0 rings (SSSR count). The van der Waals surface area contributed by atoms with Crippen molar-refractivity contribution in [2.24, 2.45) is 11.8 Å². The molecule has 0 aliphatic heterocycles. The van der Waals surface area contributed by atoms with Crippen molar-refractivity contribution in [1.82, 2.24) is 0 Å². The van der Waals surface area contributed by atoms with Gasteiger partial charge in [0, 0.05) is 25.7 Å². The summed E-state index contributed by atoms with van der Waals surface area (Å²) in [5.74, 6) is -0.616. The van der Waals surface area contributed by atoms with E-state index >= 15 is 0 Å². The molecule has 0 radical (unpaired) electrons. The minimum Gasteiger partial charge on any atom is -0.462 e. The second kappa shape index (κ2) is 70.2. The summed E-state index contributed by atoms with van der Waals surface area (Å²) in [7, 11) is -9.93. The van der Waals surface area contributed by atoms with E-state index in [1.807, 2.05) is 0 Å². The summed E-state index contributed by atoms with van der Waals surface area (Å²) >= 11 is 0. The third-order valence-corrected chi connectivity index (χ3v) is 20.1. The molecular weight excluding hydrogens is 1280 g/mol. The fourth-order valence-electron chi connectivity index (χ4n) is 11.6. The monoisotopic (exact) mass is 1430 g/mol. The number of aliphatic hydroxyl groups excluding tert-OH is 1. The van der Waals surface area contributed by atoms with E-state index in [-0.39, 0.29) is 25.7 Å². The van der Waals surface area contributed by atoms with Gasteiger partial charge in [0.25, 0.3) is 0 Å². The Labute approximate surface area is 599 Å². The lowest BCUT2D eigenvalue weighted by molar-refractivity contribution is -0.161. The Bertz CT molecular complexity index is 1990. The number of carbonyl (C=O) groups is 4. The van der Waals surface area contributed by atoms with Crippen LogP contribution in [-0.4, -0.2) is 96.7 Å². The first-order valence-electron chi connectivity index (χ1n) is 40.3. The molecule has 98 heavy (non-hydrogen) atoms. The summed E-state index contributed by atoms with van der Waals surface area (Å²) in [6.45, 7) is 9.54. The molecule has 6 atom stereocenters. The van der Waals surface area contributed by atoms with Crippen molar-refractivity contribution in [3.8, 4) is 0 Å². The summed E-state index contributed by atoms with van der Waals surface area (Å²) in [4.78, 5) is 72.9. The second-order valence-electron chi connectivity index (χ2n) is 28.5. The van der Waals surface area contributed by atoms with E-state index in [1.54, 1.807) is 0 Å². The van der Waals surface area contributed by atoms with Gasteiger partial charge in [0.1, 0.15) is 19.3 Å². The van der Waals surface area contributed by atoms with E-state index in [2.05, 4.69) is 65.8 Å². The van der Waals surface area contributed by atoms with Gasteiger partial charge in [-0.3, -0.25) is 37.3 Å². The first kappa shape index (κ1) is 95.5. The van der Waals surface area contributed by atoms with Crippen LogP contribution in [0, 0.1) is 11.8 Å². The van der Waals surface area contributed by atoms with Crippen LogP contribution in [-0.2, 0) is 65.4 Å². The van der Waals surface area contributed by atoms with Crippen molar-refractivity contribution >= 4 is 39.5 Å². The van der Waals surface area contributed by atoms with Gasteiger partial charge in [-0.2, -0.15) is 0 Å². The molecule has 17 nitrogen and oxygen atoms in total. The lowest BCUT2D eigenvalue weighted by Crippen LogP contribution is -2.30. The predicted octanol–water partition coefficient (Wildman–Crippen LogP) is 23.1. The van der Waals surface area contributed by atoms with Crippen LogP contribution in [0.15, 0.2) is 24.3 Å². The summed E-state index contributed by atoms with van der Waals surface area (Å²) < 4.78 is 68.6. The highest BCUT2D eigenvalue weighted by molar-refractivity contribution is 7.47. The lowest BCUT2D eigenvalue weighted by atomic mass is 9.99. The molecule has 0 bridgehead atoms. The van der Waals surface area contributed by atoms with E-state index in [1.165, 1.54) is 186 Å². The number of phosphoric acid groups is 2. The molecular formula is C79H150O17P2. The maximum absolute atomic E-state index is 13.1. The van der Waals surface area contributed by atoms with E-state index in [0.29, 0.717) is 25.7 Å². The number of ether oxygens (including phenoxy) is 4. The summed E-state index contributed by atoms with van der Waals surface area (Å²) in [6.07, 6.45) is 61.8. The number of esters is 4. The van der Waals surface area contributed by atoms with Gasteiger partial charge in [-0.15, -0.1) is 0 Å². The molecule has 0 amide bonds. The van der Waals surface area contributed by atoms with Gasteiger partial charge in [-0.05, 0) is 63.2 Å². The molecule has 3 unspecified atom stereocenters. The van der Waals surface area contributed by atoms with Gasteiger partial charge in [-0.25, -0.2) is 9.13 Å². The number of allylic oxidation sites excluding steroid dienone is 4. The molecule has 19 heteroatoms. The third kappa shape index (κ3) is 70.6. The first-order valence-corrected chi connectivity index (χ1v) is 43.3. The topological polar surface area (TPSA) is 237 Å². The number of hydrogen-bond donors (Lipinski definition) is 3. The molecule has 578 valence electrons. The summed E-state index contributed by atoms with van der Waals surface area (Å²) in [5.41, 5.74) is 0. The Kier molecular flexibility index (Phi) is 68.5. The lowest BCUT2D eigenvalue weighted by Gasteiger charge is -2.21. The van der Waals surface area contributed by atoms with Crippen LogP contribution in [0.1, 0.15) is 388 Å². The molecule has 0 heterocycles. The SMILES string of the molecule is CCCCCC/C=C\C=C/CCCCCCCC(=O)OC[C@H](COP(=O)(O)OC[C@@H](O)COP(=O)(O)OC[C@@H](COC(=O)CCCCCCCCCCC(C)CC)OC(=O)CCCCCCCCCCCCC(C)C)OC(=O)CCCCCCCCCCCCCCCCCCCC. The smallest absolute Gasteiger partial charge is 0.462 e. The predicted molar refractivity (Wildman–Crippen MR) is 400 cm³/mol. The normalized spacial score (nSPS) is 14.4. The Hall–Kier alpha value is -2.46. The maximum atomic E-state index is 13.1. The first-order chi connectivity index (χ1) is 47.4. The van der Waals surface area contributed by atoms with Gasteiger partial charge < -0.3 is 33.8 Å². The fraction of sp³-hybridized carbons (Fsp3) is 0.899. The van der Waals surface area contributed by atoms with Crippen LogP contribution in [0.2, 0.25) is 0 Å². The Morgan fingerprint density at radius 1 is 0.337 bits per heavy atom. The molecule has 0 saturated heterocycles. The molecule has 0 aromatic carbocycles. The number of hydrogen-bond acceptors (Lipinski definition) is 15. The molecule has 0 spiro atoms. The minimum absolute atomic E-state index is 0.102. The zero-order valence-electron chi connectivity index (χ0n) is 63.6. The van der Waals surface area contributed by atoms with Crippen molar-refractivity contribution in [2.75, 3.05) is 39.6 Å². The van der Waals surface area contributed by atoms with E-state index in [9.17, 15) is 43.2 Å². The van der Waals surface area contributed by atoms with Crippen molar-refractivity contribution in [2.45, 2.75) is 407 Å². The Balaban J connectivity index is 5.30. The summed E-state index contributed by atoms with van der Waals surface area (Å²) in [5, 5.41) is 10.6. The van der Waals surface area contributed by atoms with Gasteiger partial charge >= 0.3 is 39.5 Å². The summed E-state index contributed by atoms with van der Waals surface area (Å²) in [6, 6.07) is 0. The number of unbranched alkanes of at least 4 members (excludes halogenated alkanes) is 42. The quantitative estimate of drug-likeness (QED) is 0.0169. The minimum atomic E-state index is -4.97. The average Bonchev–Trinajstić information content (AvgIpc) is 1.19. The zero-order chi connectivity index (χ0) is 72.1. The number of aliphatic hydroxyl groups is 1. The Morgan fingerprint density at radius 3 is 0.918 bits per heavy atom. The van der Waals surface area contributed by atoms with Crippen LogP contribution < -0.4 is 0 Å². The highest BCUT2D eigenvalue weighted by Gasteiger charge is 2.30. The van der Waals surface area contributed by atoms with Crippen molar-refractivity contribution in [3.63, 3.8) is 0 Å². The molecule has 0 aliphatic rings. The molecule has 0 aliphatic carbocycles. The average molecular weight is 1430 g/mol. The van der Waals surface area contributed by atoms with Gasteiger partial charge in [0.15, 0.2) is 12.2 Å². The van der Waals surface area contributed by atoms with Gasteiger partial charge in [0.05, 0.1) is 26.4 Å². The van der Waals surface area contributed by atoms with Crippen LogP contribution in [0.25, 0.3) is 0 Å². The largest absolute Gasteiger partial charge is 0.472 e. The molecule has 3 N–H and O–H groups in total. The maximum Gasteiger partial charge on any atom is 0.472 e. The number of rotatable bonds is 76. The van der Waals surface area contributed by atoms with E-state index in [0.717, 1.165) is 121 Å². The zero-order valence-corrected chi connectivity index (χ0v) is 65.4. The van der Waals surface area contributed by atoms with Crippen molar-refractivity contribution < 1.29 is 80.2 Å². The second-order valence-corrected chi connectivity index (χ2v) is 31.4.